The first-order valence-corrected chi connectivity index (χ1v) is 4.60. The van der Waals surface area contributed by atoms with Crippen LogP contribution in [0.1, 0.15) is 27.7 Å². The molecule has 4 heteroatoms. The van der Waals surface area contributed by atoms with Crippen molar-refractivity contribution in [2.45, 2.75) is 39.8 Å². The van der Waals surface area contributed by atoms with E-state index >= 15 is 0 Å². The molecule has 0 saturated carbocycles. The van der Waals surface area contributed by atoms with Crippen LogP contribution in [-0.2, 0) is 9.53 Å². The maximum absolute atomic E-state index is 11.4. The van der Waals surface area contributed by atoms with Crippen molar-refractivity contribution in [2.24, 2.45) is 0 Å². The van der Waals surface area contributed by atoms with E-state index in [0.29, 0.717) is 6.29 Å². The highest BCUT2D eigenvalue weighted by Gasteiger charge is 2.20. The lowest BCUT2D eigenvalue weighted by molar-refractivity contribution is -0.104. The maximum atomic E-state index is 11.4. The first-order chi connectivity index (χ1) is 6.50. The smallest absolute Gasteiger partial charge is 0.415 e. The summed E-state index contributed by atoms with van der Waals surface area (Å²) >= 11 is 0. The summed E-state index contributed by atoms with van der Waals surface area (Å²) in [6, 6.07) is 0.152. The lowest BCUT2D eigenvalue weighted by atomic mass is 10.2. The van der Waals surface area contributed by atoms with Crippen LogP contribution < -0.4 is 0 Å². The van der Waals surface area contributed by atoms with Crippen LogP contribution in [0.25, 0.3) is 0 Å². The predicted molar refractivity (Wildman–Crippen MR) is 53.8 cm³/mol. The molecule has 0 aliphatic rings. The molecule has 0 fully saturated rings. The second-order valence-corrected chi connectivity index (χ2v) is 3.44. The first-order valence-electron chi connectivity index (χ1n) is 4.60. The SMILES string of the molecule is CC(C)N(C(=O)O/C=C/C=O)C(C)C. The van der Waals surface area contributed by atoms with Crippen LogP contribution in [0.15, 0.2) is 12.3 Å². The van der Waals surface area contributed by atoms with Gasteiger partial charge in [0.25, 0.3) is 0 Å². The zero-order valence-electron chi connectivity index (χ0n) is 9.06. The first kappa shape index (κ1) is 12.7. The molecule has 0 aliphatic carbocycles. The fourth-order valence-corrected chi connectivity index (χ4v) is 1.21. The third-order valence-corrected chi connectivity index (χ3v) is 1.65. The van der Waals surface area contributed by atoms with Gasteiger partial charge in [0.05, 0.1) is 6.26 Å². The van der Waals surface area contributed by atoms with E-state index in [-0.39, 0.29) is 12.1 Å². The molecule has 0 spiro atoms. The van der Waals surface area contributed by atoms with E-state index in [2.05, 4.69) is 0 Å². The third-order valence-electron chi connectivity index (χ3n) is 1.65. The molecule has 0 radical (unpaired) electrons. The summed E-state index contributed by atoms with van der Waals surface area (Å²) in [6.07, 6.45) is 2.35. The molecular weight excluding hydrogens is 182 g/mol. The fourth-order valence-electron chi connectivity index (χ4n) is 1.21. The van der Waals surface area contributed by atoms with Crippen molar-refractivity contribution in [3.05, 3.63) is 12.3 Å². The average molecular weight is 199 g/mol. The molecule has 0 N–H and O–H groups in total. The van der Waals surface area contributed by atoms with Crippen molar-refractivity contribution in [3.63, 3.8) is 0 Å². The number of amides is 1. The Labute approximate surface area is 84.5 Å². The van der Waals surface area contributed by atoms with E-state index in [0.717, 1.165) is 12.3 Å². The van der Waals surface area contributed by atoms with Gasteiger partial charge >= 0.3 is 6.09 Å². The number of nitrogens with zero attached hydrogens (tertiary/aromatic N) is 1. The number of carbonyl (C=O) groups excluding carboxylic acids is 2. The Balaban J connectivity index is 4.30. The van der Waals surface area contributed by atoms with Gasteiger partial charge in [0, 0.05) is 18.2 Å². The molecule has 0 aromatic heterocycles. The largest absolute Gasteiger partial charge is 0.418 e. The molecule has 0 unspecified atom stereocenters. The van der Waals surface area contributed by atoms with Crippen LogP contribution in [0.2, 0.25) is 0 Å². The molecule has 0 saturated heterocycles. The van der Waals surface area contributed by atoms with Gasteiger partial charge in [0.1, 0.15) is 6.29 Å². The number of carbonyl (C=O) groups is 2. The lowest BCUT2D eigenvalue weighted by Gasteiger charge is -2.28. The highest BCUT2D eigenvalue weighted by atomic mass is 16.5. The highest BCUT2D eigenvalue weighted by molar-refractivity contribution is 5.70. The summed E-state index contributed by atoms with van der Waals surface area (Å²) in [5.74, 6) is 0. The molecule has 0 bridgehead atoms. The molecule has 0 aromatic carbocycles. The van der Waals surface area contributed by atoms with Gasteiger partial charge in [-0.05, 0) is 27.7 Å². The Morgan fingerprint density at radius 2 is 1.71 bits per heavy atom. The molecule has 0 aliphatic heterocycles. The Bertz CT molecular complexity index is 213. The number of allylic oxidation sites excluding steroid dienone is 1. The van der Waals surface area contributed by atoms with E-state index < -0.39 is 6.09 Å². The molecule has 0 aromatic rings. The van der Waals surface area contributed by atoms with Crippen molar-refractivity contribution in [2.75, 3.05) is 0 Å². The number of hydrogen-bond donors (Lipinski definition) is 0. The van der Waals surface area contributed by atoms with Gasteiger partial charge in [-0.2, -0.15) is 0 Å². The van der Waals surface area contributed by atoms with E-state index in [4.69, 9.17) is 4.74 Å². The topological polar surface area (TPSA) is 46.6 Å². The Kier molecular flexibility index (Phi) is 5.60. The third kappa shape index (κ3) is 4.07. The number of rotatable bonds is 4. The summed E-state index contributed by atoms with van der Waals surface area (Å²) < 4.78 is 4.74. The molecule has 80 valence electrons. The predicted octanol–water partition coefficient (Wildman–Crippen LogP) is 1.95. The molecule has 0 atom stereocenters. The molecule has 4 nitrogen and oxygen atoms in total. The minimum Gasteiger partial charge on any atom is -0.418 e. The van der Waals surface area contributed by atoms with Crippen molar-refractivity contribution in [3.8, 4) is 0 Å². The van der Waals surface area contributed by atoms with E-state index in [1.54, 1.807) is 4.90 Å². The van der Waals surface area contributed by atoms with Crippen LogP contribution in [-0.4, -0.2) is 29.4 Å². The van der Waals surface area contributed by atoms with Crippen molar-refractivity contribution in [1.82, 2.24) is 4.90 Å². The number of aldehydes is 1. The van der Waals surface area contributed by atoms with Crippen molar-refractivity contribution in [1.29, 1.82) is 0 Å². The normalized spacial score (nSPS) is 11.0. The van der Waals surface area contributed by atoms with Gasteiger partial charge in [-0.1, -0.05) is 0 Å². The quantitative estimate of drug-likeness (QED) is 0.395. The highest BCUT2D eigenvalue weighted by Crippen LogP contribution is 2.07. The molecule has 14 heavy (non-hydrogen) atoms. The summed E-state index contributed by atoms with van der Waals surface area (Å²) in [5, 5.41) is 0. The zero-order chi connectivity index (χ0) is 11.1. The maximum Gasteiger partial charge on any atom is 0.415 e. The minimum atomic E-state index is -0.437. The molecule has 0 heterocycles. The van der Waals surface area contributed by atoms with Gasteiger partial charge in [-0.15, -0.1) is 0 Å². The van der Waals surface area contributed by atoms with Crippen LogP contribution in [0.3, 0.4) is 0 Å². The summed E-state index contributed by atoms with van der Waals surface area (Å²) in [6.45, 7) is 7.63. The Hall–Kier alpha value is -1.32. The van der Waals surface area contributed by atoms with Gasteiger partial charge in [0.15, 0.2) is 0 Å². The van der Waals surface area contributed by atoms with Crippen molar-refractivity contribution < 1.29 is 14.3 Å². The van der Waals surface area contributed by atoms with Gasteiger partial charge in [0.2, 0.25) is 0 Å². The molecule has 0 rings (SSSR count). The average Bonchev–Trinajstić information content (AvgIpc) is 2.03. The zero-order valence-corrected chi connectivity index (χ0v) is 9.06. The van der Waals surface area contributed by atoms with Crippen LogP contribution in [0, 0.1) is 0 Å². The van der Waals surface area contributed by atoms with Crippen LogP contribution in [0.4, 0.5) is 4.79 Å². The number of ether oxygens (including phenoxy) is 1. The summed E-state index contributed by atoms with van der Waals surface area (Å²) in [5.41, 5.74) is 0. The van der Waals surface area contributed by atoms with Crippen LogP contribution in [0.5, 0.6) is 0 Å². The Morgan fingerprint density at radius 3 is 2.07 bits per heavy atom. The van der Waals surface area contributed by atoms with Gasteiger partial charge < -0.3 is 9.64 Å². The Morgan fingerprint density at radius 1 is 1.21 bits per heavy atom. The monoisotopic (exact) mass is 199 g/mol. The minimum absolute atomic E-state index is 0.0760. The second kappa shape index (κ2) is 6.18. The van der Waals surface area contributed by atoms with E-state index in [9.17, 15) is 9.59 Å². The van der Waals surface area contributed by atoms with Gasteiger partial charge in [-0.3, -0.25) is 4.79 Å². The summed E-state index contributed by atoms with van der Waals surface area (Å²) in [7, 11) is 0. The van der Waals surface area contributed by atoms with E-state index in [1.807, 2.05) is 27.7 Å². The van der Waals surface area contributed by atoms with Crippen molar-refractivity contribution >= 4 is 12.4 Å². The van der Waals surface area contributed by atoms with Gasteiger partial charge in [-0.25, -0.2) is 4.79 Å². The molecular formula is C10H17NO3. The summed E-state index contributed by atoms with van der Waals surface area (Å²) in [4.78, 5) is 23.0. The number of hydrogen-bond acceptors (Lipinski definition) is 3. The second-order valence-electron chi connectivity index (χ2n) is 3.44. The molecule has 1 amide bonds. The van der Waals surface area contributed by atoms with Crippen LogP contribution >= 0.6 is 0 Å². The van der Waals surface area contributed by atoms with E-state index in [1.165, 1.54) is 0 Å². The fraction of sp³-hybridized carbons (Fsp3) is 0.600. The standard InChI is InChI=1S/C10H17NO3/c1-8(2)11(9(3)4)10(13)14-7-5-6-12/h5-9H,1-4H3/b7-5+. The lowest BCUT2D eigenvalue weighted by Crippen LogP contribution is -2.41.